The third-order valence-electron chi connectivity index (χ3n) is 3.88. The van der Waals surface area contributed by atoms with Crippen molar-refractivity contribution in [3.8, 4) is 0 Å². The summed E-state index contributed by atoms with van der Waals surface area (Å²) in [5.41, 5.74) is 0.511. The Balaban J connectivity index is 2.15. The highest BCUT2D eigenvalue weighted by molar-refractivity contribution is 6.36. The van der Waals surface area contributed by atoms with Crippen LogP contribution in [-0.4, -0.2) is 36.3 Å². The lowest BCUT2D eigenvalue weighted by Crippen LogP contribution is -2.46. The number of nitrogens with zero attached hydrogens (tertiary/aromatic N) is 2. The molecule has 1 fully saturated rings. The fraction of sp³-hybridized carbons (Fsp3) is 0.500. The predicted octanol–water partition coefficient (Wildman–Crippen LogP) is 3.60. The van der Waals surface area contributed by atoms with Crippen molar-refractivity contribution >= 4 is 40.7 Å². The maximum Gasteiger partial charge on any atom is 0.242 e. The molecule has 1 aliphatic heterocycles. The fourth-order valence-corrected chi connectivity index (χ4v) is 3.23. The molecule has 6 heteroatoms. The molecule has 0 spiro atoms. The van der Waals surface area contributed by atoms with Crippen LogP contribution in [0.1, 0.15) is 26.7 Å². The molecule has 1 heterocycles. The lowest BCUT2D eigenvalue weighted by molar-refractivity contribution is -0.132. The minimum atomic E-state index is -0.220. The Kier molecular flexibility index (Phi) is 5.70. The van der Waals surface area contributed by atoms with Crippen molar-refractivity contribution in [2.24, 2.45) is 5.92 Å². The van der Waals surface area contributed by atoms with Crippen molar-refractivity contribution in [1.29, 1.82) is 0 Å². The van der Waals surface area contributed by atoms with E-state index in [1.165, 1.54) is 11.8 Å². The Labute approximate surface area is 141 Å². The summed E-state index contributed by atoms with van der Waals surface area (Å²) in [6, 6.07) is 4.89. The molecule has 2 amide bonds. The van der Waals surface area contributed by atoms with Crippen LogP contribution < -0.4 is 4.90 Å². The van der Waals surface area contributed by atoms with Gasteiger partial charge in [0.25, 0.3) is 0 Å². The van der Waals surface area contributed by atoms with Gasteiger partial charge in [0.05, 0.1) is 10.7 Å². The van der Waals surface area contributed by atoms with E-state index in [2.05, 4.69) is 6.92 Å². The summed E-state index contributed by atoms with van der Waals surface area (Å²) in [5, 5.41) is 0.857. The molecule has 1 atom stereocenters. The second kappa shape index (κ2) is 7.34. The van der Waals surface area contributed by atoms with Gasteiger partial charge in [0.1, 0.15) is 6.54 Å². The van der Waals surface area contributed by atoms with Gasteiger partial charge in [-0.25, -0.2) is 0 Å². The topological polar surface area (TPSA) is 40.6 Å². The Morgan fingerprint density at radius 2 is 2.09 bits per heavy atom. The van der Waals surface area contributed by atoms with Gasteiger partial charge in [-0.3, -0.25) is 9.59 Å². The molecule has 1 saturated heterocycles. The second-order valence-corrected chi connectivity index (χ2v) is 6.63. The summed E-state index contributed by atoms with van der Waals surface area (Å²) in [6.07, 6.45) is 2.15. The number of anilines is 1. The van der Waals surface area contributed by atoms with Gasteiger partial charge in [-0.15, -0.1) is 0 Å². The average molecular weight is 343 g/mol. The number of hydrogen-bond donors (Lipinski definition) is 0. The number of hydrogen-bond acceptors (Lipinski definition) is 2. The molecule has 0 aliphatic carbocycles. The van der Waals surface area contributed by atoms with Gasteiger partial charge in [0.2, 0.25) is 11.8 Å². The number of halogens is 2. The van der Waals surface area contributed by atoms with Crippen LogP contribution >= 0.6 is 23.2 Å². The fourth-order valence-electron chi connectivity index (χ4n) is 2.72. The lowest BCUT2D eigenvalue weighted by Gasteiger charge is -2.33. The molecule has 1 aromatic carbocycles. The summed E-state index contributed by atoms with van der Waals surface area (Å²) in [7, 11) is 0. The SMILES string of the molecule is CC(=O)N(CC(=O)N1CCCC(C)C1)c1ccc(Cl)cc1Cl. The highest BCUT2D eigenvalue weighted by atomic mass is 35.5. The van der Waals surface area contributed by atoms with E-state index < -0.39 is 0 Å². The summed E-state index contributed by atoms with van der Waals surface area (Å²) < 4.78 is 0. The molecule has 0 bridgehead atoms. The maximum absolute atomic E-state index is 12.5. The first kappa shape index (κ1) is 17.1. The highest BCUT2D eigenvalue weighted by Gasteiger charge is 2.25. The Hall–Kier alpha value is -1.26. The predicted molar refractivity (Wildman–Crippen MR) is 89.5 cm³/mol. The van der Waals surface area contributed by atoms with Crippen LogP contribution in [0.3, 0.4) is 0 Å². The molecule has 4 nitrogen and oxygen atoms in total. The molecule has 0 aromatic heterocycles. The Morgan fingerprint density at radius 1 is 1.36 bits per heavy atom. The molecule has 1 unspecified atom stereocenters. The van der Waals surface area contributed by atoms with Crippen LogP contribution in [0.2, 0.25) is 10.0 Å². The summed E-state index contributed by atoms with van der Waals surface area (Å²) in [4.78, 5) is 27.6. The second-order valence-electron chi connectivity index (χ2n) is 5.79. The van der Waals surface area contributed by atoms with E-state index in [9.17, 15) is 9.59 Å². The van der Waals surface area contributed by atoms with Gasteiger partial charge in [0.15, 0.2) is 0 Å². The number of amides is 2. The minimum absolute atomic E-state index is 0.00338. The van der Waals surface area contributed by atoms with Crippen LogP contribution in [-0.2, 0) is 9.59 Å². The van der Waals surface area contributed by atoms with Crippen LogP contribution in [0, 0.1) is 5.92 Å². The number of piperidine rings is 1. The molecule has 2 rings (SSSR count). The zero-order valence-electron chi connectivity index (χ0n) is 12.8. The van der Waals surface area contributed by atoms with Crippen molar-refractivity contribution in [2.75, 3.05) is 24.5 Å². The number of likely N-dealkylation sites (tertiary alicyclic amines) is 1. The van der Waals surface area contributed by atoms with Crippen molar-refractivity contribution in [3.63, 3.8) is 0 Å². The molecule has 1 aliphatic rings. The first-order chi connectivity index (χ1) is 10.4. The zero-order chi connectivity index (χ0) is 16.3. The third-order valence-corrected chi connectivity index (χ3v) is 4.42. The molecule has 1 aromatic rings. The first-order valence-corrected chi connectivity index (χ1v) is 8.15. The van der Waals surface area contributed by atoms with E-state index >= 15 is 0 Å². The maximum atomic E-state index is 12.5. The monoisotopic (exact) mass is 342 g/mol. The van der Waals surface area contributed by atoms with E-state index in [1.807, 2.05) is 4.90 Å². The number of rotatable bonds is 3. The van der Waals surface area contributed by atoms with Crippen LogP contribution in [0.5, 0.6) is 0 Å². The van der Waals surface area contributed by atoms with Gasteiger partial charge < -0.3 is 9.80 Å². The van der Waals surface area contributed by atoms with E-state index in [4.69, 9.17) is 23.2 Å². The van der Waals surface area contributed by atoms with Crippen LogP contribution in [0.25, 0.3) is 0 Å². The first-order valence-electron chi connectivity index (χ1n) is 7.39. The van der Waals surface area contributed by atoms with E-state index in [-0.39, 0.29) is 18.4 Å². The molecule has 0 radical (unpaired) electrons. The smallest absolute Gasteiger partial charge is 0.242 e. The standard InChI is InChI=1S/C16H20Cl2N2O2/c1-11-4-3-7-19(9-11)16(22)10-20(12(2)21)15-6-5-13(17)8-14(15)18/h5-6,8,11H,3-4,7,9-10H2,1-2H3. The van der Waals surface area contributed by atoms with Crippen molar-refractivity contribution < 1.29 is 9.59 Å². The van der Waals surface area contributed by atoms with E-state index in [1.54, 1.807) is 18.2 Å². The summed E-state index contributed by atoms with van der Waals surface area (Å²) in [5.74, 6) is 0.234. The molecule has 0 N–H and O–H groups in total. The third kappa shape index (κ3) is 4.14. The zero-order valence-corrected chi connectivity index (χ0v) is 14.3. The number of carbonyl (C=O) groups excluding carboxylic acids is 2. The number of carbonyl (C=O) groups is 2. The van der Waals surface area contributed by atoms with Gasteiger partial charge in [-0.2, -0.15) is 0 Å². The van der Waals surface area contributed by atoms with Crippen LogP contribution in [0.15, 0.2) is 18.2 Å². The van der Waals surface area contributed by atoms with E-state index in [0.29, 0.717) is 21.7 Å². The largest absolute Gasteiger partial charge is 0.341 e. The molecule has 0 saturated carbocycles. The molecule has 120 valence electrons. The number of benzene rings is 1. The lowest BCUT2D eigenvalue weighted by atomic mass is 10.0. The van der Waals surface area contributed by atoms with Gasteiger partial charge in [0, 0.05) is 25.0 Å². The van der Waals surface area contributed by atoms with Gasteiger partial charge in [-0.1, -0.05) is 30.1 Å². The highest BCUT2D eigenvalue weighted by Crippen LogP contribution is 2.29. The molecular formula is C16H20Cl2N2O2. The minimum Gasteiger partial charge on any atom is -0.341 e. The Bertz CT molecular complexity index is 577. The van der Waals surface area contributed by atoms with Crippen LogP contribution in [0.4, 0.5) is 5.69 Å². The molecular weight excluding hydrogens is 323 g/mol. The summed E-state index contributed by atoms with van der Waals surface area (Å²) >= 11 is 12.0. The molecule has 22 heavy (non-hydrogen) atoms. The van der Waals surface area contributed by atoms with E-state index in [0.717, 1.165) is 25.9 Å². The average Bonchev–Trinajstić information content (AvgIpc) is 2.45. The van der Waals surface area contributed by atoms with Crippen molar-refractivity contribution in [3.05, 3.63) is 28.2 Å². The van der Waals surface area contributed by atoms with Crippen molar-refractivity contribution in [1.82, 2.24) is 4.90 Å². The Morgan fingerprint density at radius 3 is 2.68 bits per heavy atom. The van der Waals surface area contributed by atoms with Gasteiger partial charge in [-0.05, 0) is 37.0 Å². The quantitative estimate of drug-likeness (QED) is 0.841. The van der Waals surface area contributed by atoms with Gasteiger partial charge >= 0.3 is 0 Å². The van der Waals surface area contributed by atoms with Crippen molar-refractivity contribution in [2.45, 2.75) is 26.7 Å². The summed E-state index contributed by atoms with van der Waals surface area (Å²) in [6.45, 7) is 5.07. The normalized spacial score (nSPS) is 18.2.